The Kier molecular flexibility index (Phi) is 14.4. The summed E-state index contributed by atoms with van der Waals surface area (Å²) in [6.07, 6.45) is 3.68. The number of aromatic hydroxyl groups is 2. The van der Waals surface area contributed by atoms with E-state index in [4.69, 9.17) is 29.6 Å². The molecule has 0 unspecified atom stereocenters. The SMILES string of the molecule is CC(C)O.O.O=C(O)C(=O)O.O=C(c1ccc(OCCN2CCCCC2)cc1)c1c(-c2ccc(O)cc2)sc2cc(O)ccc12. The Labute approximate surface area is 264 Å². The first-order valence-corrected chi connectivity index (χ1v) is 15.0. The molecule has 0 saturated carbocycles. The largest absolute Gasteiger partial charge is 0.508 e. The van der Waals surface area contributed by atoms with Gasteiger partial charge in [-0.15, -0.1) is 11.3 Å². The number of ether oxygens (including phenoxy) is 1. The lowest BCUT2D eigenvalue weighted by Gasteiger charge is -2.26. The Bertz CT molecular complexity index is 1530. The van der Waals surface area contributed by atoms with E-state index in [-0.39, 0.29) is 28.9 Å². The summed E-state index contributed by atoms with van der Waals surface area (Å²) in [7, 11) is 0. The number of aliphatic hydroxyl groups excluding tert-OH is 1. The molecule has 0 atom stereocenters. The molecule has 5 rings (SSSR count). The summed E-state index contributed by atoms with van der Waals surface area (Å²) < 4.78 is 6.76. The molecule has 0 radical (unpaired) electrons. The van der Waals surface area contributed by atoms with E-state index in [1.54, 1.807) is 56.3 Å². The molecule has 12 heteroatoms. The van der Waals surface area contributed by atoms with Crippen molar-refractivity contribution in [3.8, 4) is 27.7 Å². The fraction of sp³-hybridized carbons (Fsp3) is 0.303. The topological polar surface area (TPSA) is 196 Å². The second kappa shape index (κ2) is 17.7. The van der Waals surface area contributed by atoms with Crippen LogP contribution in [0.3, 0.4) is 0 Å². The van der Waals surface area contributed by atoms with Gasteiger partial charge in [-0.1, -0.05) is 6.42 Å². The van der Waals surface area contributed by atoms with Crippen LogP contribution in [0.4, 0.5) is 0 Å². The highest BCUT2D eigenvalue weighted by atomic mass is 32.1. The van der Waals surface area contributed by atoms with E-state index in [1.807, 2.05) is 24.3 Å². The predicted octanol–water partition coefficient (Wildman–Crippen LogP) is 4.79. The van der Waals surface area contributed by atoms with Crippen molar-refractivity contribution in [2.24, 2.45) is 0 Å². The molecule has 2 heterocycles. The van der Waals surface area contributed by atoms with Gasteiger partial charge in [-0.05, 0) is 112 Å². The maximum absolute atomic E-state index is 13.6. The zero-order valence-corrected chi connectivity index (χ0v) is 25.9. The van der Waals surface area contributed by atoms with Gasteiger partial charge in [0.2, 0.25) is 0 Å². The van der Waals surface area contributed by atoms with Gasteiger partial charge in [0.05, 0.1) is 0 Å². The highest BCUT2D eigenvalue weighted by Gasteiger charge is 2.22. The lowest BCUT2D eigenvalue weighted by atomic mass is 9.97. The van der Waals surface area contributed by atoms with Crippen LogP contribution in [0.5, 0.6) is 17.2 Å². The minimum Gasteiger partial charge on any atom is -0.508 e. The van der Waals surface area contributed by atoms with Crippen molar-refractivity contribution in [1.29, 1.82) is 0 Å². The number of carbonyl (C=O) groups excluding carboxylic acids is 1. The van der Waals surface area contributed by atoms with Gasteiger partial charge in [0.25, 0.3) is 0 Å². The van der Waals surface area contributed by atoms with Crippen LogP contribution in [-0.2, 0) is 9.59 Å². The van der Waals surface area contributed by atoms with Gasteiger partial charge in [-0.3, -0.25) is 9.69 Å². The monoisotopic (exact) mass is 641 g/mol. The number of carboxylic acids is 2. The number of hydrogen-bond acceptors (Lipinski definition) is 9. The number of thiophene rings is 1. The molecule has 0 aliphatic carbocycles. The molecule has 0 spiro atoms. The third-order valence-electron chi connectivity index (χ3n) is 6.45. The number of phenols is 2. The molecule has 1 aliphatic heterocycles. The van der Waals surface area contributed by atoms with E-state index in [0.29, 0.717) is 17.7 Å². The summed E-state index contributed by atoms with van der Waals surface area (Å²) >= 11 is 1.46. The number of carboxylic acid groups (broad SMARTS) is 2. The molecule has 0 bridgehead atoms. The maximum Gasteiger partial charge on any atom is 0.414 e. The summed E-state index contributed by atoms with van der Waals surface area (Å²) in [5, 5.41) is 43.3. The van der Waals surface area contributed by atoms with Crippen molar-refractivity contribution in [3.05, 3.63) is 77.9 Å². The molecule has 1 aliphatic rings. The smallest absolute Gasteiger partial charge is 0.414 e. The molecule has 1 aromatic heterocycles. The number of carbonyl (C=O) groups is 3. The van der Waals surface area contributed by atoms with Crippen molar-refractivity contribution >= 4 is 39.1 Å². The number of rotatable bonds is 7. The summed E-state index contributed by atoms with van der Waals surface area (Å²) in [6.45, 7) is 7.29. The molecule has 3 aromatic carbocycles. The Morgan fingerprint density at radius 1 is 0.844 bits per heavy atom. The lowest BCUT2D eigenvalue weighted by molar-refractivity contribution is -0.159. The van der Waals surface area contributed by atoms with Crippen molar-refractivity contribution in [3.63, 3.8) is 0 Å². The third-order valence-corrected chi connectivity index (χ3v) is 7.66. The standard InChI is InChI=1S/C28H27NO4S.C3H8O.C2H2O4.H2O/c30-21-8-4-20(5-9-21)28-26(24-13-10-22(31)18-25(24)34-28)27(32)19-6-11-23(12-7-19)33-17-16-29-14-2-1-3-15-29;1-3(2)4;3-1(4)2(5)6;/h4-13,18,30-31H,1-3,14-17H2;3-4H,1-2H3;(H,3,4)(H,5,6);1H2. The average Bonchev–Trinajstić information content (AvgIpc) is 3.36. The number of likely N-dealkylation sites (tertiary alicyclic amines) is 1. The van der Waals surface area contributed by atoms with Gasteiger partial charge in [-0.25, -0.2) is 9.59 Å². The molecule has 4 aromatic rings. The van der Waals surface area contributed by atoms with Crippen molar-refractivity contribution in [1.82, 2.24) is 4.90 Å². The van der Waals surface area contributed by atoms with Gasteiger partial charge in [0.15, 0.2) is 5.78 Å². The van der Waals surface area contributed by atoms with Gasteiger partial charge in [0, 0.05) is 38.7 Å². The summed E-state index contributed by atoms with van der Waals surface area (Å²) in [4.78, 5) is 35.1. The highest BCUT2D eigenvalue weighted by Crippen LogP contribution is 2.41. The van der Waals surface area contributed by atoms with Gasteiger partial charge >= 0.3 is 11.9 Å². The molecule has 7 N–H and O–H groups in total. The minimum absolute atomic E-state index is 0. The number of piperidine rings is 1. The fourth-order valence-electron chi connectivity index (χ4n) is 4.45. The Morgan fingerprint density at radius 2 is 1.40 bits per heavy atom. The first-order valence-electron chi connectivity index (χ1n) is 14.2. The molecule has 45 heavy (non-hydrogen) atoms. The Morgan fingerprint density at radius 3 is 1.96 bits per heavy atom. The Balaban J connectivity index is 0.000000561. The van der Waals surface area contributed by atoms with E-state index >= 15 is 0 Å². The zero-order chi connectivity index (χ0) is 32.2. The molecule has 1 fully saturated rings. The van der Waals surface area contributed by atoms with Gasteiger partial charge in [0.1, 0.15) is 23.9 Å². The third kappa shape index (κ3) is 11.2. The van der Waals surface area contributed by atoms with Crippen LogP contribution in [0.2, 0.25) is 0 Å². The van der Waals surface area contributed by atoms with Crippen LogP contribution in [0.15, 0.2) is 66.7 Å². The normalized spacial score (nSPS) is 12.6. The number of hydrogen-bond donors (Lipinski definition) is 5. The molecule has 1 saturated heterocycles. The quantitative estimate of drug-likeness (QED) is 0.138. The summed E-state index contributed by atoms with van der Waals surface area (Å²) in [5.41, 5.74) is 2.03. The van der Waals surface area contributed by atoms with Gasteiger partial charge in [-0.2, -0.15) is 0 Å². The number of nitrogens with zero attached hydrogens (tertiary/aromatic N) is 1. The maximum atomic E-state index is 13.6. The van der Waals surface area contributed by atoms with Crippen molar-refractivity contribution in [2.75, 3.05) is 26.2 Å². The van der Waals surface area contributed by atoms with E-state index in [9.17, 15) is 15.0 Å². The average molecular weight is 642 g/mol. The fourth-order valence-corrected chi connectivity index (χ4v) is 5.69. The van der Waals surface area contributed by atoms with Crippen LogP contribution in [0.25, 0.3) is 20.5 Å². The zero-order valence-electron chi connectivity index (χ0n) is 25.1. The number of aliphatic carboxylic acids is 2. The van der Waals surface area contributed by atoms with Crippen LogP contribution >= 0.6 is 11.3 Å². The minimum atomic E-state index is -1.82. The van der Waals surface area contributed by atoms with E-state index < -0.39 is 11.9 Å². The second-order valence-electron chi connectivity index (χ2n) is 10.3. The lowest BCUT2D eigenvalue weighted by Crippen LogP contribution is -2.33. The molecular formula is C33H39NO10S. The van der Waals surface area contributed by atoms with Crippen molar-refractivity contribution in [2.45, 2.75) is 39.2 Å². The second-order valence-corrected chi connectivity index (χ2v) is 11.4. The van der Waals surface area contributed by atoms with E-state index in [0.717, 1.165) is 45.9 Å². The number of fused-ring (bicyclic) bond motifs is 1. The number of ketones is 1. The summed E-state index contributed by atoms with van der Waals surface area (Å²) in [6, 6.07) is 19.2. The number of benzene rings is 3. The number of aliphatic hydroxyl groups is 1. The number of phenolic OH excluding ortho intramolecular Hbond substituents is 2. The van der Waals surface area contributed by atoms with E-state index in [2.05, 4.69) is 4.90 Å². The first-order chi connectivity index (χ1) is 21.0. The van der Waals surface area contributed by atoms with Crippen LogP contribution in [0.1, 0.15) is 49.0 Å². The first kappa shape index (κ1) is 36.7. The Hall–Kier alpha value is -4.49. The molecular weight excluding hydrogens is 602 g/mol. The van der Waals surface area contributed by atoms with E-state index in [1.165, 1.54) is 30.6 Å². The van der Waals surface area contributed by atoms with Crippen LogP contribution in [0, 0.1) is 0 Å². The highest BCUT2D eigenvalue weighted by molar-refractivity contribution is 7.22. The molecule has 11 nitrogen and oxygen atoms in total. The predicted molar refractivity (Wildman–Crippen MR) is 172 cm³/mol. The molecule has 0 amide bonds. The van der Waals surface area contributed by atoms with Crippen LogP contribution < -0.4 is 4.74 Å². The van der Waals surface area contributed by atoms with Crippen molar-refractivity contribution < 1.29 is 50.1 Å². The van der Waals surface area contributed by atoms with Crippen LogP contribution in [-0.4, -0.2) is 86.0 Å². The van der Waals surface area contributed by atoms with Gasteiger partial charge < -0.3 is 35.7 Å². The molecule has 242 valence electrons. The summed E-state index contributed by atoms with van der Waals surface area (Å²) in [5.74, 6) is -2.64.